The van der Waals surface area contributed by atoms with Crippen LogP contribution in [-0.2, 0) is 10.8 Å². The molecule has 4 aromatic heterocycles. The van der Waals surface area contributed by atoms with E-state index in [0.717, 1.165) is 200 Å². The van der Waals surface area contributed by atoms with Crippen molar-refractivity contribution in [1.82, 2.24) is 0 Å². The van der Waals surface area contributed by atoms with Crippen molar-refractivity contribution in [3.63, 3.8) is 0 Å². The molecule has 26 rings (SSSR count). The van der Waals surface area contributed by atoms with Gasteiger partial charge >= 0.3 is 0 Å². The Kier molecular flexibility index (Phi) is 17.3. The number of furan rings is 4. The molecule has 0 saturated carbocycles. The lowest BCUT2D eigenvalue weighted by Gasteiger charge is -2.28. The lowest BCUT2D eigenvalue weighted by Crippen LogP contribution is -2.16. The Bertz CT molecular complexity index is 8770. The zero-order chi connectivity index (χ0) is 87.6. The van der Waals surface area contributed by atoms with Crippen molar-refractivity contribution in [3.05, 3.63) is 459 Å². The standard InChI is InChI=1S/C126H84N2O4/c1-125(2)113-23-9-5-15-101(113)102-65-63-97(75-115(102)125)128(94-57-45-84(46-58-94)81-33-29-78(30-34-81)82-39-41-87(42-40-82)99-19-13-21-107-104-16-6-12-26-119(104)131-123(99)107)96-61-49-88(50-62-96)100-20-14-22-108-112-74-92(54-70-122(112)132-124(100)108)91-51-67-114-109(71-91)103-66-64-98(76-116(103)126(114,3)4)127(95-59-47-86(48-60-95)90-53-69-121-111(73-90)106-18-8-11-25-118(106)130-121)93-55-43-83(44-56-93)80-31-27-77(28-32-80)79-35-37-85(38-36-79)89-52-68-120-110(72-89)105-17-7-10-24-117(105)129-120/h5-76H,1-4H3. The highest BCUT2D eigenvalue weighted by Gasteiger charge is 2.38. The number of hydrogen-bond acceptors (Lipinski definition) is 6. The SMILES string of the molecule is CC1(C)c2ccccc2-c2ccc(N(c3ccc(-c4ccc(-c5ccc(-c6cccc7c6oc6ccccc67)cc5)cc4)cc3)c3ccc(-c4cccc5c4oc4ccc(-c6ccc7c(c6)-c6ccc(N(c8ccc(-c9ccc(-c%10ccc(-c%11ccc%12oc%13ccccc%13c%12c%11)cc%10)cc9)cc8)c8ccc(-c9ccc%10oc%11ccccc%11c%10c9)cc8)cc6C7(C)C)cc45)cc3)cc21. The van der Waals surface area contributed by atoms with Gasteiger partial charge in [0.2, 0.25) is 0 Å². The van der Waals surface area contributed by atoms with Crippen LogP contribution in [0.5, 0.6) is 0 Å². The van der Waals surface area contributed by atoms with Gasteiger partial charge in [-0.1, -0.05) is 331 Å². The Labute approximate surface area is 764 Å². The van der Waals surface area contributed by atoms with E-state index in [1.54, 1.807) is 0 Å². The third-order valence-corrected chi connectivity index (χ3v) is 28.4. The predicted octanol–water partition coefficient (Wildman–Crippen LogP) is 35.8. The fraction of sp³-hybridized carbons (Fsp3) is 0.0476. The predicted molar refractivity (Wildman–Crippen MR) is 549 cm³/mol. The Balaban J connectivity index is 0.488. The second-order valence-corrected chi connectivity index (χ2v) is 36.6. The van der Waals surface area contributed by atoms with Crippen LogP contribution in [0.25, 0.3) is 210 Å². The summed E-state index contributed by atoms with van der Waals surface area (Å²) in [5, 5.41) is 8.93. The van der Waals surface area contributed by atoms with E-state index >= 15 is 0 Å². The van der Waals surface area contributed by atoms with Crippen LogP contribution in [0.15, 0.2) is 454 Å². The minimum Gasteiger partial charge on any atom is -0.456 e. The van der Waals surface area contributed by atoms with E-state index in [4.69, 9.17) is 17.7 Å². The first kappa shape index (κ1) is 76.4. The quantitative estimate of drug-likeness (QED) is 0.102. The third kappa shape index (κ3) is 12.5. The molecule has 6 heteroatoms. The van der Waals surface area contributed by atoms with Crippen LogP contribution < -0.4 is 9.80 Å². The van der Waals surface area contributed by atoms with Crippen molar-refractivity contribution in [2.75, 3.05) is 9.80 Å². The number of para-hydroxylation sites is 5. The van der Waals surface area contributed by atoms with Crippen LogP contribution in [0.4, 0.5) is 34.1 Å². The van der Waals surface area contributed by atoms with Crippen LogP contribution in [0, 0.1) is 0 Å². The van der Waals surface area contributed by atoms with Crippen molar-refractivity contribution in [2.45, 2.75) is 38.5 Å². The molecule has 132 heavy (non-hydrogen) atoms. The van der Waals surface area contributed by atoms with Gasteiger partial charge in [-0.15, -0.1) is 0 Å². The fourth-order valence-electron chi connectivity index (χ4n) is 21.4. The van der Waals surface area contributed by atoms with Gasteiger partial charge in [0.25, 0.3) is 0 Å². The van der Waals surface area contributed by atoms with Gasteiger partial charge in [0.05, 0.1) is 0 Å². The number of hydrogen-bond donors (Lipinski definition) is 0. The molecule has 622 valence electrons. The van der Waals surface area contributed by atoms with Gasteiger partial charge in [-0.05, 0) is 267 Å². The van der Waals surface area contributed by atoms with Gasteiger partial charge in [0, 0.05) is 99.2 Å². The lowest BCUT2D eigenvalue weighted by molar-refractivity contribution is 0.660. The molecular formula is C126H84N2O4. The molecule has 2 aliphatic rings. The minimum absolute atomic E-state index is 0.179. The maximum absolute atomic E-state index is 6.99. The maximum atomic E-state index is 6.99. The van der Waals surface area contributed by atoms with Crippen molar-refractivity contribution < 1.29 is 17.7 Å². The molecule has 4 heterocycles. The molecule has 0 amide bonds. The first-order valence-corrected chi connectivity index (χ1v) is 45.5. The number of rotatable bonds is 15. The Morgan fingerprint density at radius 3 is 0.826 bits per heavy atom. The van der Waals surface area contributed by atoms with Gasteiger partial charge in [0.15, 0.2) is 0 Å². The van der Waals surface area contributed by atoms with Crippen molar-refractivity contribution in [3.8, 4) is 122 Å². The highest BCUT2D eigenvalue weighted by molar-refractivity contribution is 6.13. The first-order chi connectivity index (χ1) is 64.8. The molecule has 0 N–H and O–H groups in total. The van der Waals surface area contributed by atoms with E-state index in [9.17, 15) is 0 Å². The van der Waals surface area contributed by atoms with Gasteiger partial charge in [-0.25, -0.2) is 0 Å². The highest BCUT2D eigenvalue weighted by Crippen LogP contribution is 2.55. The molecule has 0 spiro atoms. The molecule has 0 fully saturated rings. The van der Waals surface area contributed by atoms with Crippen LogP contribution in [0.2, 0.25) is 0 Å². The summed E-state index contributed by atoms with van der Waals surface area (Å²) in [6.07, 6.45) is 0. The zero-order valence-electron chi connectivity index (χ0n) is 73.1. The summed E-state index contributed by atoms with van der Waals surface area (Å²) < 4.78 is 25.8. The van der Waals surface area contributed by atoms with E-state index in [2.05, 4.69) is 438 Å². The molecule has 0 unspecified atom stereocenters. The van der Waals surface area contributed by atoms with E-state index in [1.807, 2.05) is 36.4 Å². The Morgan fingerprint density at radius 2 is 0.402 bits per heavy atom. The van der Waals surface area contributed by atoms with Gasteiger partial charge < -0.3 is 27.5 Å². The molecule has 0 saturated heterocycles. The number of benzene rings is 20. The molecule has 20 aromatic carbocycles. The smallest absolute Gasteiger partial charge is 0.143 e. The molecule has 2 aliphatic carbocycles. The van der Waals surface area contributed by atoms with E-state index in [-0.39, 0.29) is 10.8 Å². The van der Waals surface area contributed by atoms with Crippen LogP contribution in [-0.4, -0.2) is 0 Å². The Hall–Kier alpha value is -16.8. The summed E-state index contributed by atoms with van der Waals surface area (Å²) in [6.45, 7) is 9.48. The molecule has 0 atom stereocenters. The highest BCUT2D eigenvalue weighted by atomic mass is 16.3. The van der Waals surface area contributed by atoms with Crippen molar-refractivity contribution in [2.24, 2.45) is 0 Å². The average molecular weight is 1690 g/mol. The van der Waals surface area contributed by atoms with Gasteiger partial charge in [0.1, 0.15) is 44.7 Å². The topological polar surface area (TPSA) is 59.0 Å². The molecule has 0 bridgehead atoms. The first-order valence-electron chi connectivity index (χ1n) is 45.5. The summed E-state index contributed by atoms with van der Waals surface area (Å²) in [4.78, 5) is 4.82. The second-order valence-electron chi connectivity index (χ2n) is 36.6. The molecule has 0 radical (unpaired) electrons. The number of nitrogens with zero attached hydrogens (tertiary/aromatic N) is 2. The Morgan fingerprint density at radius 1 is 0.152 bits per heavy atom. The molecular weight excluding hydrogens is 1610 g/mol. The average Bonchev–Trinajstić information content (AvgIpc) is 1.58. The molecule has 6 nitrogen and oxygen atoms in total. The minimum atomic E-state index is -0.300. The lowest BCUT2D eigenvalue weighted by atomic mass is 9.82. The van der Waals surface area contributed by atoms with E-state index in [1.165, 1.54) is 66.8 Å². The number of fused-ring (bicyclic) bond motifs is 18. The number of anilines is 6. The zero-order valence-corrected chi connectivity index (χ0v) is 73.1. The van der Waals surface area contributed by atoms with E-state index in [0.29, 0.717) is 0 Å². The third-order valence-electron chi connectivity index (χ3n) is 28.4. The largest absolute Gasteiger partial charge is 0.456 e. The summed E-state index contributed by atoms with van der Waals surface area (Å²) in [7, 11) is 0. The van der Waals surface area contributed by atoms with Crippen molar-refractivity contribution >= 4 is 122 Å². The van der Waals surface area contributed by atoms with Crippen LogP contribution >= 0.6 is 0 Å². The monoisotopic (exact) mass is 1690 g/mol. The second kappa shape index (κ2) is 29.9. The summed E-state index contributed by atoms with van der Waals surface area (Å²) in [6, 6.07) is 160. The van der Waals surface area contributed by atoms with E-state index < -0.39 is 0 Å². The van der Waals surface area contributed by atoms with Crippen LogP contribution in [0.1, 0.15) is 49.9 Å². The van der Waals surface area contributed by atoms with Gasteiger partial charge in [-0.3, -0.25) is 0 Å². The summed E-state index contributed by atoms with van der Waals surface area (Å²) in [5.74, 6) is 0. The summed E-state index contributed by atoms with van der Waals surface area (Å²) >= 11 is 0. The fourth-order valence-corrected chi connectivity index (χ4v) is 21.4. The normalized spacial score (nSPS) is 13.0. The molecule has 0 aliphatic heterocycles. The van der Waals surface area contributed by atoms with Crippen LogP contribution in [0.3, 0.4) is 0 Å². The maximum Gasteiger partial charge on any atom is 0.143 e. The summed E-state index contributed by atoms with van der Waals surface area (Å²) in [5.41, 5.74) is 44.0. The van der Waals surface area contributed by atoms with Crippen molar-refractivity contribution in [1.29, 1.82) is 0 Å². The van der Waals surface area contributed by atoms with Gasteiger partial charge in [-0.2, -0.15) is 0 Å². The molecule has 24 aromatic rings.